The van der Waals surface area contributed by atoms with Gasteiger partial charge in [-0.3, -0.25) is 0 Å². The van der Waals surface area contributed by atoms with Gasteiger partial charge in [0.1, 0.15) is 5.82 Å². The van der Waals surface area contributed by atoms with Gasteiger partial charge < -0.3 is 10.6 Å². The van der Waals surface area contributed by atoms with Crippen molar-refractivity contribution in [3.05, 3.63) is 65.5 Å². The first-order chi connectivity index (χ1) is 10.1. The maximum atomic E-state index is 13.7. The lowest BCUT2D eigenvalue weighted by molar-refractivity contribution is 0.560. The summed E-state index contributed by atoms with van der Waals surface area (Å²) in [4.78, 5) is 2.27. The lowest BCUT2D eigenvalue weighted by Crippen LogP contribution is -2.27. The van der Waals surface area contributed by atoms with Crippen molar-refractivity contribution < 1.29 is 4.39 Å². The Morgan fingerprint density at radius 3 is 2.57 bits per heavy atom. The molecule has 2 aromatic rings. The van der Waals surface area contributed by atoms with Gasteiger partial charge in [0.05, 0.1) is 0 Å². The Kier molecular flexibility index (Phi) is 5.34. The third kappa shape index (κ3) is 4.05. The molecule has 112 valence electrons. The molecule has 0 saturated heterocycles. The standard InChI is InChI=1S/C18H23FN2/c1-3-21(15-8-6-7-14(2)13-15)12-11-18(20)16-9-4-5-10-17(16)19/h4-10,13,18H,3,11-12,20H2,1-2H3. The van der Waals surface area contributed by atoms with E-state index in [1.165, 1.54) is 17.3 Å². The van der Waals surface area contributed by atoms with Crippen LogP contribution in [0.25, 0.3) is 0 Å². The van der Waals surface area contributed by atoms with E-state index in [4.69, 9.17) is 5.73 Å². The number of hydrogen-bond donors (Lipinski definition) is 1. The summed E-state index contributed by atoms with van der Waals surface area (Å²) in [5.74, 6) is -0.219. The molecule has 2 nitrogen and oxygen atoms in total. The minimum absolute atomic E-state index is 0.219. The maximum absolute atomic E-state index is 13.7. The fourth-order valence-electron chi connectivity index (χ4n) is 2.52. The first-order valence-corrected chi connectivity index (χ1v) is 7.43. The molecule has 2 aromatic carbocycles. The third-order valence-corrected chi connectivity index (χ3v) is 3.76. The van der Waals surface area contributed by atoms with E-state index in [1.54, 1.807) is 12.1 Å². The SMILES string of the molecule is CCN(CCC(N)c1ccccc1F)c1cccc(C)c1. The Hall–Kier alpha value is -1.87. The first-order valence-electron chi connectivity index (χ1n) is 7.43. The molecule has 0 fully saturated rings. The van der Waals surface area contributed by atoms with Crippen molar-refractivity contribution in [2.45, 2.75) is 26.3 Å². The van der Waals surface area contributed by atoms with Crippen LogP contribution in [0.1, 0.15) is 30.5 Å². The maximum Gasteiger partial charge on any atom is 0.127 e. The van der Waals surface area contributed by atoms with Gasteiger partial charge in [-0.2, -0.15) is 0 Å². The molecule has 0 bridgehead atoms. The van der Waals surface area contributed by atoms with E-state index in [-0.39, 0.29) is 11.9 Å². The number of benzene rings is 2. The highest BCUT2D eigenvalue weighted by atomic mass is 19.1. The van der Waals surface area contributed by atoms with Crippen LogP contribution in [0.15, 0.2) is 48.5 Å². The highest BCUT2D eigenvalue weighted by Gasteiger charge is 2.12. The summed E-state index contributed by atoms with van der Waals surface area (Å²) >= 11 is 0. The summed E-state index contributed by atoms with van der Waals surface area (Å²) in [6.45, 7) is 5.93. The molecule has 0 amide bonds. The van der Waals surface area contributed by atoms with Gasteiger partial charge in [-0.15, -0.1) is 0 Å². The quantitative estimate of drug-likeness (QED) is 0.868. The van der Waals surface area contributed by atoms with Crippen molar-refractivity contribution in [3.63, 3.8) is 0 Å². The normalized spacial score (nSPS) is 12.2. The Labute approximate surface area is 126 Å². The van der Waals surface area contributed by atoms with Crippen molar-refractivity contribution in [1.29, 1.82) is 0 Å². The number of halogens is 1. The van der Waals surface area contributed by atoms with Crippen LogP contribution in [0.5, 0.6) is 0 Å². The molecule has 1 unspecified atom stereocenters. The lowest BCUT2D eigenvalue weighted by Gasteiger charge is -2.25. The minimum Gasteiger partial charge on any atom is -0.372 e. The summed E-state index contributed by atoms with van der Waals surface area (Å²) in [6.07, 6.45) is 0.725. The Balaban J connectivity index is 2.02. The Morgan fingerprint density at radius 2 is 1.90 bits per heavy atom. The number of nitrogens with zero attached hydrogens (tertiary/aromatic N) is 1. The molecule has 2 rings (SSSR count). The molecule has 0 spiro atoms. The number of hydrogen-bond acceptors (Lipinski definition) is 2. The third-order valence-electron chi connectivity index (χ3n) is 3.76. The van der Waals surface area contributed by atoms with E-state index in [0.29, 0.717) is 5.56 Å². The molecule has 0 aliphatic rings. The monoisotopic (exact) mass is 286 g/mol. The summed E-state index contributed by atoms with van der Waals surface area (Å²) in [7, 11) is 0. The predicted molar refractivity (Wildman–Crippen MR) is 87.0 cm³/mol. The van der Waals surface area contributed by atoms with Crippen molar-refractivity contribution in [3.8, 4) is 0 Å². The largest absolute Gasteiger partial charge is 0.372 e. The molecule has 0 aromatic heterocycles. The molecule has 0 aliphatic heterocycles. The van der Waals surface area contributed by atoms with Gasteiger partial charge in [-0.25, -0.2) is 4.39 Å². The Morgan fingerprint density at radius 1 is 1.14 bits per heavy atom. The van der Waals surface area contributed by atoms with Crippen LogP contribution >= 0.6 is 0 Å². The zero-order valence-corrected chi connectivity index (χ0v) is 12.7. The second-order valence-corrected chi connectivity index (χ2v) is 5.34. The number of anilines is 1. The second kappa shape index (κ2) is 7.23. The Bertz CT molecular complexity index is 583. The van der Waals surface area contributed by atoms with Crippen molar-refractivity contribution in [2.75, 3.05) is 18.0 Å². The molecular weight excluding hydrogens is 263 g/mol. The summed E-state index contributed by atoms with van der Waals surface area (Å²) in [5, 5.41) is 0. The molecule has 0 radical (unpaired) electrons. The predicted octanol–water partition coefficient (Wildman–Crippen LogP) is 4.05. The van der Waals surface area contributed by atoms with E-state index in [9.17, 15) is 4.39 Å². The average molecular weight is 286 g/mol. The molecule has 0 aliphatic carbocycles. The summed E-state index contributed by atoms with van der Waals surface area (Å²) in [5.41, 5.74) is 9.17. The fourth-order valence-corrected chi connectivity index (χ4v) is 2.52. The van der Waals surface area contributed by atoms with Crippen molar-refractivity contribution in [1.82, 2.24) is 0 Å². The fraction of sp³-hybridized carbons (Fsp3) is 0.333. The van der Waals surface area contributed by atoms with Gasteiger partial charge in [-0.05, 0) is 44.0 Å². The topological polar surface area (TPSA) is 29.3 Å². The molecule has 21 heavy (non-hydrogen) atoms. The van der Waals surface area contributed by atoms with Gasteiger partial charge in [-0.1, -0.05) is 30.3 Å². The van der Waals surface area contributed by atoms with Crippen molar-refractivity contribution >= 4 is 5.69 Å². The molecular formula is C18H23FN2. The summed E-state index contributed by atoms with van der Waals surface area (Å²) in [6, 6.07) is 14.9. The van der Waals surface area contributed by atoms with E-state index < -0.39 is 0 Å². The van der Waals surface area contributed by atoms with Gasteiger partial charge in [0.15, 0.2) is 0 Å². The molecule has 0 heterocycles. The van der Waals surface area contributed by atoms with Crippen LogP contribution in [0.3, 0.4) is 0 Å². The highest BCUT2D eigenvalue weighted by Crippen LogP contribution is 2.21. The van der Waals surface area contributed by atoms with Gasteiger partial charge in [0.2, 0.25) is 0 Å². The van der Waals surface area contributed by atoms with E-state index in [1.807, 2.05) is 6.07 Å². The van der Waals surface area contributed by atoms with Crippen LogP contribution in [0.4, 0.5) is 10.1 Å². The zero-order chi connectivity index (χ0) is 15.2. The first kappa shape index (κ1) is 15.5. The van der Waals surface area contributed by atoms with E-state index in [0.717, 1.165) is 19.5 Å². The number of rotatable bonds is 6. The highest BCUT2D eigenvalue weighted by molar-refractivity contribution is 5.48. The minimum atomic E-state index is -0.273. The van der Waals surface area contributed by atoms with Crippen LogP contribution < -0.4 is 10.6 Å². The van der Waals surface area contributed by atoms with E-state index in [2.05, 4.69) is 43.0 Å². The number of aryl methyl sites for hydroxylation is 1. The van der Waals surface area contributed by atoms with Crippen LogP contribution in [0, 0.1) is 12.7 Å². The van der Waals surface area contributed by atoms with Gasteiger partial charge in [0.25, 0.3) is 0 Å². The van der Waals surface area contributed by atoms with E-state index >= 15 is 0 Å². The number of nitrogens with two attached hydrogens (primary N) is 1. The van der Waals surface area contributed by atoms with Crippen LogP contribution in [0.2, 0.25) is 0 Å². The van der Waals surface area contributed by atoms with Crippen molar-refractivity contribution in [2.24, 2.45) is 5.73 Å². The molecule has 2 N–H and O–H groups in total. The van der Waals surface area contributed by atoms with Gasteiger partial charge in [0, 0.05) is 30.4 Å². The van der Waals surface area contributed by atoms with Gasteiger partial charge >= 0.3 is 0 Å². The molecule has 3 heteroatoms. The zero-order valence-electron chi connectivity index (χ0n) is 12.7. The van der Waals surface area contributed by atoms with Crippen LogP contribution in [-0.4, -0.2) is 13.1 Å². The molecule has 0 saturated carbocycles. The summed E-state index contributed by atoms with van der Waals surface area (Å²) < 4.78 is 13.7. The lowest BCUT2D eigenvalue weighted by atomic mass is 10.0. The second-order valence-electron chi connectivity index (χ2n) is 5.34. The smallest absolute Gasteiger partial charge is 0.127 e. The van der Waals surface area contributed by atoms with Crippen LogP contribution in [-0.2, 0) is 0 Å². The average Bonchev–Trinajstić information content (AvgIpc) is 2.48. The molecule has 1 atom stereocenters.